The summed E-state index contributed by atoms with van der Waals surface area (Å²) in [6.07, 6.45) is 2.43. The molecule has 1 fully saturated rings. The second kappa shape index (κ2) is 8.33. The highest BCUT2D eigenvalue weighted by Gasteiger charge is 2.18. The zero-order valence-corrected chi connectivity index (χ0v) is 17.6. The maximum absolute atomic E-state index is 5.83. The molecule has 6 heteroatoms. The van der Waals surface area contributed by atoms with Crippen LogP contribution in [-0.2, 0) is 0 Å². The van der Waals surface area contributed by atoms with Gasteiger partial charge >= 0.3 is 0 Å². The lowest BCUT2D eigenvalue weighted by atomic mass is 9.97. The molecule has 1 aromatic carbocycles. The van der Waals surface area contributed by atoms with E-state index in [1.165, 1.54) is 12.8 Å². The van der Waals surface area contributed by atoms with Gasteiger partial charge in [0.05, 0.1) is 19.7 Å². The molecular formula is C23H29N3O3. The van der Waals surface area contributed by atoms with Gasteiger partial charge in [0.15, 0.2) is 17.3 Å². The summed E-state index contributed by atoms with van der Waals surface area (Å²) in [7, 11) is 5.49. The third kappa shape index (κ3) is 4.17. The molecule has 6 nitrogen and oxygen atoms in total. The number of nitrogens with zero attached hydrogens (tertiary/aromatic N) is 2. The molecule has 3 aromatic rings. The molecule has 29 heavy (non-hydrogen) atoms. The molecule has 1 N–H and O–H groups in total. The van der Waals surface area contributed by atoms with Crippen molar-refractivity contribution in [3.8, 4) is 23.0 Å². The Bertz CT molecular complexity index is 990. The van der Waals surface area contributed by atoms with Gasteiger partial charge in [-0.15, -0.1) is 0 Å². The quantitative estimate of drug-likeness (QED) is 0.660. The lowest BCUT2D eigenvalue weighted by Gasteiger charge is -2.29. The Morgan fingerprint density at radius 1 is 1.10 bits per heavy atom. The van der Waals surface area contributed by atoms with Crippen molar-refractivity contribution in [2.24, 2.45) is 5.92 Å². The number of benzene rings is 1. The largest absolute Gasteiger partial charge is 0.493 e. The number of nitrogens with one attached hydrogen (secondary N) is 1. The Kier molecular flexibility index (Phi) is 5.62. The number of fused-ring (bicyclic) bond motifs is 1. The smallest absolute Gasteiger partial charge is 0.162 e. The number of pyridine rings is 1. The predicted molar refractivity (Wildman–Crippen MR) is 116 cm³/mol. The number of rotatable bonds is 6. The highest BCUT2D eigenvalue weighted by Crippen LogP contribution is 2.37. The zero-order valence-electron chi connectivity index (χ0n) is 17.6. The minimum Gasteiger partial charge on any atom is -0.493 e. The third-order valence-electron chi connectivity index (χ3n) is 5.73. The number of ether oxygens (including phenoxy) is 2. The first-order chi connectivity index (χ1) is 14.1. The van der Waals surface area contributed by atoms with Crippen LogP contribution in [0, 0.1) is 12.8 Å². The molecular weight excluding hydrogens is 366 g/mol. The van der Waals surface area contributed by atoms with Gasteiger partial charge in [0.2, 0.25) is 0 Å². The van der Waals surface area contributed by atoms with Crippen LogP contribution in [0.3, 0.4) is 0 Å². The molecule has 2 aromatic heterocycles. The Morgan fingerprint density at radius 3 is 2.48 bits per heavy atom. The number of anilines is 1. The van der Waals surface area contributed by atoms with Gasteiger partial charge in [-0.25, -0.2) is 4.98 Å². The standard InChI is InChI=1S/C23H29N3O3/c1-15-5-6-21(29-15)20-12-18(24-14-16-7-9-26(2)10-8-16)17-11-22(27-3)23(28-4)13-19(17)25-20/h5-6,11-13,16H,7-10,14H2,1-4H3,(H,24,25). The van der Waals surface area contributed by atoms with E-state index < -0.39 is 0 Å². The predicted octanol–water partition coefficient (Wildman–Crippen LogP) is 4.57. The Hall–Kier alpha value is -2.73. The van der Waals surface area contributed by atoms with Crippen molar-refractivity contribution in [1.29, 1.82) is 0 Å². The lowest BCUT2D eigenvalue weighted by molar-refractivity contribution is 0.226. The van der Waals surface area contributed by atoms with E-state index in [4.69, 9.17) is 18.9 Å². The number of hydrogen-bond donors (Lipinski definition) is 1. The minimum absolute atomic E-state index is 0.668. The van der Waals surface area contributed by atoms with Gasteiger partial charge in [-0.1, -0.05) is 0 Å². The molecule has 1 saturated heterocycles. The number of likely N-dealkylation sites (tertiary alicyclic amines) is 1. The SMILES string of the molecule is COc1cc2nc(-c3ccc(C)o3)cc(NCC3CCN(C)CC3)c2cc1OC. The van der Waals surface area contributed by atoms with E-state index in [9.17, 15) is 0 Å². The van der Waals surface area contributed by atoms with E-state index in [2.05, 4.69) is 23.3 Å². The molecule has 0 bridgehead atoms. The summed E-state index contributed by atoms with van der Waals surface area (Å²) in [5.41, 5.74) is 2.70. The second-order valence-electron chi connectivity index (χ2n) is 7.82. The van der Waals surface area contributed by atoms with Crippen LogP contribution in [0.2, 0.25) is 0 Å². The Morgan fingerprint density at radius 2 is 1.83 bits per heavy atom. The van der Waals surface area contributed by atoms with Gasteiger partial charge in [-0.05, 0) is 70.1 Å². The highest BCUT2D eigenvalue weighted by atomic mass is 16.5. The minimum atomic E-state index is 0.668. The van der Waals surface area contributed by atoms with E-state index >= 15 is 0 Å². The lowest BCUT2D eigenvalue weighted by Crippen LogP contribution is -2.32. The van der Waals surface area contributed by atoms with E-state index in [0.717, 1.165) is 53.4 Å². The fraction of sp³-hybridized carbons (Fsp3) is 0.435. The van der Waals surface area contributed by atoms with Crippen molar-refractivity contribution < 1.29 is 13.9 Å². The molecule has 0 aliphatic carbocycles. The summed E-state index contributed by atoms with van der Waals surface area (Å²) in [4.78, 5) is 7.23. The first-order valence-corrected chi connectivity index (χ1v) is 10.1. The van der Waals surface area contributed by atoms with Crippen molar-refractivity contribution in [1.82, 2.24) is 9.88 Å². The van der Waals surface area contributed by atoms with Crippen LogP contribution in [0.15, 0.2) is 34.7 Å². The maximum atomic E-state index is 5.83. The van der Waals surface area contributed by atoms with Gasteiger partial charge < -0.3 is 24.1 Å². The molecule has 0 unspecified atom stereocenters. The van der Waals surface area contributed by atoms with E-state index in [1.807, 2.05) is 31.2 Å². The van der Waals surface area contributed by atoms with Gasteiger partial charge in [0.25, 0.3) is 0 Å². The molecule has 4 rings (SSSR count). The van der Waals surface area contributed by atoms with Crippen molar-refractivity contribution in [2.75, 3.05) is 46.2 Å². The molecule has 0 spiro atoms. The number of aromatic nitrogens is 1. The highest BCUT2D eigenvalue weighted by molar-refractivity contribution is 5.95. The molecule has 3 heterocycles. The van der Waals surface area contributed by atoms with Crippen molar-refractivity contribution in [3.05, 3.63) is 36.1 Å². The van der Waals surface area contributed by atoms with Crippen molar-refractivity contribution >= 4 is 16.6 Å². The molecule has 1 aliphatic rings. The first kappa shape index (κ1) is 19.6. The van der Waals surface area contributed by atoms with Crippen LogP contribution in [0.5, 0.6) is 11.5 Å². The summed E-state index contributed by atoms with van der Waals surface area (Å²) in [6.45, 7) is 5.20. The molecule has 0 saturated carbocycles. The fourth-order valence-corrected chi connectivity index (χ4v) is 3.92. The number of furan rings is 1. The van der Waals surface area contributed by atoms with E-state index in [1.54, 1.807) is 14.2 Å². The van der Waals surface area contributed by atoms with Crippen LogP contribution in [0.25, 0.3) is 22.4 Å². The van der Waals surface area contributed by atoms with Gasteiger partial charge in [-0.3, -0.25) is 0 Å². The third-order valence-corrected chi connectivity index (χ3v) is 5.73. The Balaban J connectivity index is 1.72. The first-order valence-electron chi connectivity index (χ1n) is 10.1. The summed E-state index contributed by atoms with van der Waals surface area (Å²) in [5.74, 6) is 3.67. The molecule has 0 atom stereocenters. The molecule has 1 aliphatic heterocycles. The molecule has 0 amide bonds. The van der Waals surface area contributed by atoms with Crippen molar-refractivity contribution in [2.45, 2.75) is 19.8 Å². The average Bonchev–Trinajstić information content (AvgIpc) is 3.18. The second-order valence-corrected chi connectivity index (χ2v) is 7.82. The van der Waals surface area contributed by atoms with Crippen LogP contribution < -0.4 is 14.8 Å². The van der Waals surface area contributed by atoms with Crippen LogP contribution >= 0.6 is 0 Å². The van der Waals surface area contributed by atoms with Crippen LogP contribution in [0.4, 0.5) is 5.69 Å². The summed E-state index contributed by atoms with van der Waals surface area (Å²) in [6, 6.07) is 9.91. The number of aryl methyl sites for hydroxylation is 1. The normalized spacial score (nSPS) is 15.6. The molecule has 0 radical (unpaired) electrons. The number of piperidine rings is 1. The number of methoxy groups -OCH3 is 2. The maximum Gasteiger partial charge on any atom is 0.162 e. The number of hydrogen-bond acceptors (Lipinski definition) is 6. The summed E-state index contributed by atoms with van der Waals surface area (Å²) in [5, 5.41) is 4.70. The topological polar surface area (TPSA) is 59.8 Å². The van der Waals surface area contributed by atoms with E-state index in [0.29, 0.717) is 17.4 Å². The fourth-order valence-electron chi connectivity index (χ4n) is 3.92. The van der Waals surface area contributed by atoms with E-state index in [-0.39, 0.29) is 0 Å². The summed E-state index contributed by atoms with van der Waals surface area (Å²) < 4.78 is 16.8. The monoisotopic (exact) mass is 395 g/mol. The van der Waals surface area contributed by atoms with Crippen LogP contribution in [-0.4, -0.2) is 50.8 Å². The average molecular weight is 396 g/mol. The van der Waals surface area contributed by atoms with Crippen LogP contribution in [0.1, 0.15) is 18.6 Å². The van der Waals surface area contributed by atoms with Gasteiger partial charge in [-0.2, -0.15) is 0 Å². The Labute approximate surface area is 171 Å². The zero-order chi connectivity index (χ0) is 20.4. The summed E-state index contributed by atoms with van der Waals surface area (Å²) >= 11 is 0. The van der Waals surface area contributed by atoms with Gasteiger partial charge in [0.1, 0.15) is 11.5 Å². The van der Waals surface area contributed by atoms with Crippen molar-refractivity contribution in [3.63, 3.8) is 0 Å². The molecule has 154 valence electrons. The van der Waals surface area contributed by atoms with Gasteiger partial charge in [0, 0.05) is 23.7 Å².